The Balaban J connectivity index is -0.0000000457. The molecule has 0 atom stereocenters. The summed E-state index contributed by atoms with van der Waals surface area (Å²) in [6.07, 6.45) is 0. The Morgan fingerprint density at radius 3 is 0.667 bits per heavy atom. The van der Waals surface area contributed by atoms with Gasteiger partial charge in [0.1, 0.15) is 0 Å². The van der Waals surface area contributed by atoms with Crippen molar-refractivity contribution in [2.45, 2.75) is 0 Å². The molecule has 0 aliphatic rings. The van der Waals surface area contributed by atoms with Crippen LogP contribution >= 0.6 is 15.6 Å². The van der Waals surface area contributed by atoms with Gasteiger partial charge < -0.3 is 38.5 Å². The van der Waals surface area contributed by atoms with Crippen molar-refractivity contribution in [2.75, 3.05) is 0 Å². The molecule has 0 amide bonds. The van der Waals surface area contributed by atoms with Crippen molar-refractivity contribution in [3.8, 4) is 0 Å². The number of hydrogen-bond acceptors (Lipinski definition) is 8. The summed E-state index contributed by atoms with van der Waals surface area (Å²) in [5.41, 5.74) is 0. The van der Waals surface area contributed by atoms with Gasteiger partial charge in [-0.15, -0.1) is 0 Å². The van der Waals surface area contributed by atoms with Crippen LogP contribution in [0.25, 0.3) is 0 Å². The van der Waals surface area contributed by atoms with Crippen molar-refractivity contribution in [3.63, 3.8) is 0 Å². The van der Waals surface area contributed by atoms with Crippen LogP contribution in [-0.4, -0.2) is 0 Å². The quantitative estimate of drug-likeness (QED) is 0.314. The molecule has 0 spiro atoms. The standard InChI is InChI=1S/Ni.2H3O4P.Ti/c;2*1-5(2,3)4;/h;2*(H3,1,2,3,4);/q+2;;;+4/p-6. The second-order valence-electron chi connectivity index (χ2n) is 0.894. The minimum absolute atomic E-state index is 0. The van der Waals surface area contributed by atoms with Crippen molar-refractivity contribution in [1.82, 2.24) is 0 Å². The van der Waals surface area contributed by atoms with E-state index < -0.39 is 15.6 Å². The monoisotopic (exact) mass is 296 g/mol. The Morgan fingerprint density at radius 2 is 0.667 bits per heavy atom. The fourth-order valence-corrected chi connectivity index (χ4v) is 0. The van der Waals surface area contributed by atoms with Crippen molar-refractivity contribution in [3.05, 3.63) is 0 Å². The van der Waals surface area contributed by atoms with E-state index in [0.29, 0.717) is 0 Å². The fraction of sp³-hybridized carbons (Fsp3) is 0. The van der Waals surface area contributed by atoms with Gasteiger partial charge >= 0.3 is 38.2 Å². The second kappa shape index (κ2) is 9.00. The van der Waals surface area contributed by atoms with Gasteiger partial charge in [-0.05, 0) is 0 Å². The average Bonchev–Trinajstić information content (AvgIpc) is 1.12. The molecule has 72 valence electrons. The Bertz CT molecular complexity index is 129. The first kappa shape index (κ1) is 23.3. The molecule has 0 aromatic heterocycles. The number of hydrogen-bond donors (Lipinski definition) is 0. The average molecular weight is 296 g/mol. The zero-order chi connectivity index (χ0) is 9.00. The van der Waals surface area contributed by atoms with Gasteiger partial charge in [0, 0.05) is 0 Å². The van der Waals surface area contributed by atoms with Gasteiger partial charge in [0.25, 0.3) is 0 Å². The number of phosphoric acid groups is 2. The molecular weight excluding hydrogens is 296 g/mol. The van der Waals surface area contributed by atoms with Crippen LogP contribution in [0.4, 0.5) is 0 Å². The van der Waals surface area contributed by atoms with Crippen LogP contribution in [0.15, 0.2) is 0 Å². The molecule has 12 heteroatoms. The third-order valence-electron chi connectivity index (χ3n) is 0. The van der Waals surface area contributed by atoms with Crippen LogP contribution in [0.2, 0.25) is 0 Å². The molecule has 0 aliphatic carbocycles. The molecule has 0 saturated carbocycles. The van der Waals surface area contributed by atoms with E-state index in [1.54, 1.807) is 0 Å². The summed E-state index contributed by atoms with van der Waals surface area (Å²) in [7, 11) is -10.8. The molecular formula is NiO8P2Ti. The smallest absolute Gasteiger partial charge is 0.822 e. The van der Waals surface area contributed by atoms with Crippen molar-refractivity contribution in [1.29, 1.82) is 0 Å². The molecule has 0 fully saturated rings. The van der Waals surface area contributed by atoms with Gasteiger partial charge in [-0.1, -0.05) is 0 Å². The van der Waals surface area contributed by atoms with E-state index >= 15 is 0 Å². The Labute approximate surface area is 92.3 Å². The van der Waals surface area contributed by atoms with Gasteiger partial charge in [-0.25, -0.2) is 0 Å². The maximum absolute atomic E-state index is 8.55. The van der Waals surface area contributed by atoms with Crippen LogP contribution in [0.1, 0.15) is 0 Å². The Kier molecular flexibility index (Phi) is 17.5. The molecule has 0 rings (SSSR count). The van der Waals surface area contributed by atoms with Crippen LogP contribution in [0, 0.1) is 0 Å². The summed E-state index contributed by atoms with van der Waals surface area (Å²) in [4.78, 5) is 51.3. The summed E-state index contributed by atoms with van der Waals surface area (Å²) in [5, 5.41) is 0. The molecule has 0 radical (unpaired) electrons. The van der Waals surface area contributed by atoms with Crippen molar-refractivity contribution < 1.29 is 76.7 Å². The van der Waals surface area contributed by atoms with Crippen LogP contribution in [-0.2, 0) is 47.3 Å². The van der Waals surface area contributed by atoms with E-state index in [1.807, 2.05) is 0 Å². The van der Waals surface area contributed by atoms with Crippen LogP contribution in [0.5, 0.6) is 0 Å². The molecule has 0 N–H and O–H groups in total. The van der Waals surface area contributed by atoms with E-state index in [4.69, 9.17) is 38.5 Å². The van der Waals surface area contributed by atoms with Crippen molar-refractivity contribution >= 4 is 15.6 Å². The van der Waals surface area contributed by atoms with Crippen molar-refractivity contribution in [2.24, 2.45) is 0 Å². The maximum atomic E-state index is 8.55. The van der Waals surface area contributed by atoms with Gasteiger partial charge in [-0.2, -0.15) is 15.6 Å². The Morgan fingerprint density at radius 1 is 0.667 bits per heavy atom. The molecule has 0 aliphatic heterocycles. The zero-order valence-electron chi connectivity index (χ0n) is 4.98. The fourth-order valence-electron chi connectivity index (χ4n) is 0. The Hall–Kier alpha value is 1.43. The second-order valence-corrected chi connectivity index (χ2v) is 2.68. The normalized spacial score (nSPS) is 9.83. The molecule has 0 heterocycles. The molecule has 0 aromatic rings. The minimum Gasteiger partial charge on any atom is -0.822 e. The van der Waals surface area contributed by atoms with Gasteiger partial charge in [0.05, 0.1) is 0 Å². The zero-order valence-corrected chi connectivity index (χ0v) is 9.31. The SMILES string of the molecule is O=P([O-])([O-])[O-].O=P([O-])([O-])[O-].[Ni+2].[Ti+4]. The topological polar surface area (TPSA) is 172 Å². The molecule has 12 heavy (non-hydrogen) atoms. The predicted molar refractivity (Wildman–Crippen MR) is 15.2 cm³/mol. The third-order valence-corrected chi connectivity index (χ3v) is 0. The van der Waals surface area contributed by atoms with Crippen LogP contribution in [0.3, 0.4) is 0 Å². The summed E-state index contributed by atoms with van der Waals surface area (Å²) < 4.78 is 17.1. The first-order valence-electron chi connectivity index (χ1n) is 1.46. The molecule has 0 bridgehead atoms. The summed E-state index contributed by atoms with van der Waals surface area (Å²) in [5.74, 6) is 0. The molecule has 0 unspecified atom stereocenters. The summed E-state index contributed by atoms with van der Waals surface area (Å²) >= 11 is 0. The van der Waals surface area contributed by atoms with E-state index in [2.05, 4.69) is 0 Å². The van der Waals surface area contributed by atoms with E-state index in [-0.39, 0.29) is 38.2 Å². The first-order chi connectivity index (χ1) is 4.00. The van der Waals surface area contributed by atoms with Gasteiger partial charge in [-0.3, -0.25) is 0 Å². The third kappa shape index (κ3) is 610. The predicted octanol–water partition coefficient (Wildman–Crippen LogP) is -5.65. The largest absolute Gasteiger partial charge is 4.00 e. The summed E-state index contributed by atoms with van der Waals surface area (Å²) in [6.45, 7) is 0. The summed E-state index contributed by atoms with van der Waals surface area (Å²) in [6, 6.07) is 0. The molecule has 0 saturated heterocycles. The van der Waals surface area contributed by atoms with Gasteiger partial charge in [0.15, 0.2) is 0 Å². The molecule has 8 nitrogen and oxygen atoms in total. The first-order valence-corrected chi connectivity index (χ1v) is 4.38. The maximum Gasteiger partial charge on any atom is 4.00 e. The van der Waals surface area contributed by atoms with E-state index in [9.17, 15) is 0 Å². The van der Waals surface area contributed by atoms with Gasteiger partial charge in [0.2, 0.25) is 0 Å². The van der Waals surface area contributed by atoms with E-state index in [0.717, 1.165) is 0 Å². The number of rotatable bonds is 0. The minimum atomic E-state index is -5.39. The molecule has 0 aromatic carbocycles. The van der Waals surface area contributed by atoms with Crippen LogP contribution < -0.4 is 29.4 Å². The van der Waals surface area contributed by atoms with E-state index in [1.165, 1.54) is 0 Å².